The van der Waals surface area contributed by atoms with Crippen molar-refractivity contribution in [3.63, 3.8) is 0 Å². The van der Waals surface area contributed by atoms with Gasteiger partial charge in [0.1, 0.15) is 5.69 Å². The van der Waals surface area contributed by atoms with Crippen molar-refractivity contribution in [2.24, 2.45) is 0 Å². The van der Waals surface area contributed by atoms with Crippen LogP contribution in [0.5, 0.6) is 0 Å². The first-order valence-electron chi connectivity index (χ1n) is 6.80. The van der Waals surface area contributed by atoms with Gasteiger partial charge in [-0.1, -0.05) is 31.2 Å². The number of rotatable bonds is 5. The molecule has 132 valence electrons. The Balaban J connectivity index is 2.32. The molecular weight excluding hydrogens is 350 g/mol. The number of halogens is 3. The van der Waals surface area contributed by atoms with Crippen molar-refractivity contribution in [1.82, 2.24) is 15.0 Å². The number of phosphoric acid groups is 1. The van der Waals surface area contributed by atoms with Crippen LogP contribution in [0.1, 0.15) is 37.1 Å². The van der Waals surface area contributed by atoms with Crippen LogP contribution in [0.15, 0.2) is 30.5 Å². The van der Waals surface area contributed by atoms with E-state index < -0.39 is 25.8 Å². The standard InChI is InChI=1S/C13H15F3N3O4P/c1-8(2)9-3-5-10(6-4-9)19-7-11(17-18-19)12(13(14,15)16)23-24(20,21)22/h3-8,12H,1-2H3,(H2,20,21,22). The molecule has 1 unspecified atom stereocenters. The van der Waals surface area contributed by atoms with Crippen LogP contribution in [0.4, 0.5) is 13.2 Å². The van der Waals surface area contributed by atoms with Gasteiger partial charge >= 0.3 is 14.0 Å². The van der Waals surface area contributed by atoms with Crippen LogP contribution in [0.3, 0.4) is 0 Å². The van der Waals surface area contributed by atoms with E-state index in [2.05, 4.69) is 14.8 Å². The SMILES string of the molecule is CC(C)c1ccc(-n2cc(C(OP(=O)(O)O)C(F)(F)F)nn2)cc1. The third-order valence-electron chi connectivity index (χ3n) is 3.14. The summed E-state index contributed by atoms with van der Waals surface area (Å²) >= 11 is 0. The molecule has 0 bridgehead atoms. The van der Waals surface area contributed by atoms with Gasteiger partial charge in [-0.15, -0.1) is 5.10 Å². The van der Waals surface area contributed by atoms with Gasteiger partial charge < -0.3 is 9.79 Å². The van der Waals surface area contributed by atoms with E-state index >= 15 is 0 Å². The first-order valence-corrected chi connectivity index (χ1v) is 8.33. The maximum absolute atomic E-state index is 12.9. The lowest BCUT2D eigenvalue weighted by Crippen LogP contribution is -2.23. The second-order valence-electron chi connectivity index (χ2n) is 5.35. The molecule has 1 atom stereocenters. The molecule has 0 fully saturated rings. The van der Waals surface area contributed by atoms with Crippen molar-refractivity contribution >= 4 is 7.82 Å². The average molecular weight is 365 g/mol. The summed E-state index contributed by atoms with van der Waals surface area (Å²) in [5.74, 6) is 0.289. The van der Waals surface area contributed by atoms with Crippen molar-refractivity contribution in [3.8, 4) is 5.69 Å². The highest BCUT2D eigenvalue weighted by Crippen LogP contribution is 2.47. The van der Waals surface area contributed by atoms with Gasteiger partial charge in [-0.05, 0) is 23.6 Å². The van der Waals surface area contributed by atoms with Crippen LogP contribution < -0.4 is 0 Å². The number of hydrogen-bond donors (Lipinski definition) is 2. The quantitative estimate of drug-likeness (QED) is 0.791. The van der Waals surface area contributed by atoms with Gasteiger partial charge in [0.25, 0.3) is 0 Å². The largest absolute Gasteiger partial charge is 0.470 e. The molecule has 0 saturated heterocycles. The van der Waals surface area contributed by atoms with Crippen LogP contribution in [-0.4, -0.2) is 31.0 Å². The molecule has 0 spiro atoms. The van der Waals surface area contributed by atoms with Crippen LogP contribution in [-0.2, 0) is 9.09 Å². The van der Waals surface area contributed by atoms with Gasteiger partial charge in [0.15, 0.2) is 0 Å². The third-order valence-corrected chi connectivity index (χ3v) is 3.63. The topological polar surface area (TPSA) is 97.5 Å². The molecule has 1 aromatic heterocycles. The Bertz CT molecular complexity index is 740. The van der Waals surface area contributed by atoms with Gasteiger partial charge in [-0.25, -0.2) is 9.25 Å². The Labute approximate surface area is 135 Å². The molecule has 24 heavy (non-hydrogen) atoms. The molecule has 2 rings (SSSR count). The highest BCUT2D eigenvalue weighted by atomic mass is 31.2. The fourth-order valence-corrected chi connectivity index (χ4v) is 2.46. The maximum atomic E-state index is 12.9. The van der Waals surface area contributed by atoms with E-state index in [0.717, 1.165) is 16.4 Å². The lowest BCUT2D eigenvalue weighted by Gasteiger charge is -2.18. The Morgan fingerprint density at radius 1 is 1.21 bits per heavy atom. The maximum Gasteiger partial charge on any atom is 0.470 e. The Hall–Kier alpha value is -1.74. The van der Waals surface area contributed by atoms with Crippen molar-refractivity contribution in [2.45, 2.75) is 32.0 Å². The predicted octanol–water partition coefficient (Wildman–Crippen LogP) is 3.10. The smallest absolute Gasteiger partial charge is 0.303 e. The van der Waals surface area contributed by atoms with Gasteiger partial charge in [-0.2, -0.15) is 13.2 Å². The lowest BCUT2D eigenvalue weighted by molar-refractivity contribution is -0.203. The molecule has 0 aliphatic heterocycles. The van der Waals surface area contributed by atoms with E-state index in [4.69, 9.17) is 9.79 Å². The minimum atomic E-state index is -5.36. The zero-order valence-electron chi connectivity index (χ0n) is 12.7. The Morgan fingerprint density at radius 2 is 1.79 bits per heavy atom. The Kier molecular flexibility index (Phi) is 5.14. The highest BCUT2D eigenvalue weighted by molar-refractivity contribution is 7.46. The fraction of sp³-hybridized carbons (Fsp3) is 0.385. The molecule has 0 aliphatic carbocycles. The van der Waals surface area contributed by atoms with E-state index in [1.54, 1.807) is 24.3 Å². The zero-order valence-corrected chi connectivity index (χ0v) is 13.6. The third kappa shape index (κ3) is 4.64. The second-order valence-corrected chi connectivity index (χ2v) is 6.54. The fourth-order valence-electron chi connectivity index (χ4n) is 1.95. The average Bonchev–Trinajstić information content (AvgIpc) is 2.92. The predicted molar refractivity (Wildman–Crippen MR) is 77.4 cm³/mol. The summed E-state index contributed by atoms with van der Waals surface area (Å²) in [4.78, 5) is 17.3. The Morgan fingerprint density at radius 3 is 2.25 bits per heavy atom. The van der Waals surface area contributed by atoms with Crippen LogP contribution in [0, 0.1) is 0 Å². The summed E-state index contributed by atoms with van der Waals surface area (Å²) < 4.78 is 54.5. The number of phosphoric ester groups is 1. The first kappa shape index (κ1) is 18.6. The highest BCUT2D eigenvalue weighted by Gasteiger charge is 2.47. The van der Waals surface area contributed by atoms with E-state index in [-0.39, 0.29) is 5.92 Å². The zero-order chi connectivity index (χ0) is 18.1. The van der Waals surface area contributed by atoms with E-state index in [1.807, 2.05) is 13.8 Å². The van der Waals surface area contributed by atoms with Gasteiger partial charge in [0, 0.05) is 0 Å². The number of benzene rings is 1. The molecule has 1 heterocycles. The number of alkyl halides is 3. The van der Waals surface area contributed by atoms with Crippen LogP contribution in [0.25, 0.3) is 5.69 Å². The first-order chi connectivity index (χ1) is 11.0. The van der Waals surface area contributed by atoms with Gasteiger partial charge in [0.2, 0.25) is 6.10 Å². The van der Waals surface area contributed by atoms with Gasteiger partial charge in [-0.3, -0.25) is 4.52 Å². The van der Waals surface area contributed by atoms with Crippen molar-refractivity contribution in [2.75, 3.05) is 0 Å². The summed E-state index contributed by atoms with van der Waals surface area (Å²) in [5.41, 5.74) is 0.742. The van der Waals surface area contributed by atoms with E-state index in [9.17, 15) is 17.7 Å². The molecule has 2 aromatic rings. The normalized spacial score (nSPS) is 14.2. The minimum Gasteiger partial charge on any atom is -0.303 e. The summed E-state index contributed by atoms with van der Waals surface area (Å²) in [6.07, 6.45) is -7.01. The van der Waals surface area contributed by atoms with Crippen LogP contribution in [0.2, 0.25) is 0 Å². The van der Waals surface area contributed by atoms with Crippen molar-refractivity contribution < 1.29 is 32.0 Å². The molecule has 0 aliphatic rings. The number of hydrogen-bond acceptors (Lipinski definition) is 4. The van der Waals surface area contributed by atoms with E-state index in [0.29, 0.717) is 5.69 Å². The molecule has 2 N–H and O–H groups in total. The molecule has 0 radical (unpaired) electrons. The monoisotopic (exact) mass is 365 g/mol. The summed E-state index contributed by atoms with van der Waals surface area (Å²) in [7, 11) is -5.36. The second kappa shape index (κ2) is 6.64. The summed E-state index contributed by atoms with van der Waals surface area (Å²) in [6.45, 7) is 3.99. The van der Waals surface area contributed by atoms with Gasteiger partial charge in [0.05, 0.1) is 11.9 Å². The number of nitrogens with zero attached hydrogens (tertiary/aromatic N) is 3. The molecule has 0 amide bonds. The number of aromatic nitrogens is 3. The van der Waals surface area contributed by atoms with Crippen LogP contribution >= 0.6 is 7.82 Å². The minimum absolute atomic E-state index is 0.289. The molecule has 0 saturated carbocycles. The molecule has 7 nitrogen and oxygen atoms in total. The summed E-state index contributed by atoms with van der Waals surface area (Å²) in [5, 5.41) is 6.88. The van der Waals surface area contributed by atoms with Crippen molar-refractivity contribution in [1.29, 1.82) is 0 Å². The molecule has 1 aromatic carbocycles. The van der Waals surface area contributed by atoms with Crippen molar-refractivity contribution in [3.05, 3.63) is 41.7 Å². The summed E-state index contributed by atoms with van der Waals surface area (Å²) in [6, 6.07) is 6.91. The lowest BCUT2D eigenvalue weighted by atomic mass is 10.0. The molecule has 11 heteroatoms. The molecular formula is C13H15F3N3O4P. The van der Waals surface area contributed by atoms with E-state index in [1.165, 1.54) is 0 Å².